The molecule has 1 rings (SSSR count). The van der Waals surface area contributed by atoms with Gasteiger partial charge in [-0.25, -0.2) is 8.42 Å². The molecule has 0 aromatic heterocycles. The number of amides is 1. The van der Waals surface area contributed by atoms with Crippen LogP contribution in [0.1, 0.15) is 19.8 Å². The molecule has 0 spiro atoms. The van der Waals surface area contributed by atoms with E-state index in [1.54, 1.807) is 31.4 Å². The lowest BCUT2D eigenvalue weighted by Crippen LogP contribution is -2.30. The zero-order valence-electron chi connectivity index (χ0n) is 14.0. The van der Waals surface area contributed by atoms with Gasteiger partial charge in [-0.3, -0.25) is 9.52 Å². The minimum atomic E-state index is -3.31. The fourth-order valence-electron chi connectivity index (χ4n) is 1.77. The van der Waals surface area contributed by atoms with Gasteiger partial charge in [0, 0.05) is 25.0 Å². The lowest BCUT2D eigenvalue weighted by Gasteiger charge is -2.09. The quantitative estimate of drug-likeness (QED) is 0.510. The number of anilines is 2. The van der Waals surface area contributed by atoms with Crippen LogP contribution in [-0.4, -0.2) is 46.9 Å². The first-order valence-electron chi connectivity index (χ1n) is 7.57. The third-order valence-electron chi connectivity index (χ3n) is 2.98. The van der Waals surface area contributed by atoms with Crippen molar-refractivity contribution in [1.82, 2.24) is 5.32 Å². The Morgan fingerprint density at radius 2 is 1.79 bits per heavy atom. The van der Waals surface area contributed by atoms with Gasteiger partial charge in [-0.1, -0.05) is 13.3 Å². The van der Waals surface area contributed by atoms with Crippen LogP contribution in [0.5, 0.6) is 0 Å². The van der Waals surface area contributed by atoms with E-state index in [2.05, 4.69) is 15.4 Å². The molecule has 24 heavy (non-hydrogen) atoms. The normalized spacial score (nSPS) is 10.8. The van der Waals surface area contributed by atoms with Crippen molar-refractivity contribution < 1.29 is 17.9 Å². The number of halogens is 1. The molecular weight excluding hydrogens is 354 g/mol. The Morgan fingerprint density at radius 1 is 1.17 bits per heavy atom. The van der Waals surface area contributed by atoms with Crippen LogP contribution in [0.3, 0.4) is 0 Å². The van der Waals surface area contributed by atoms with E-state index in [0.717, 1.165) is 6.42 Å². The second kappa shape index (κ2) is 12.1. The first-order chi connectivity index (χ1) is 11.0. The number of hydrogen-bond acceptors (Lipinski definition) is 5. The van der Waals surface area contributed by atoms with Crippen molar-refractivity contribution in [2.45, 2.75) is 19.8 Å². The number of nitrogens with one attached hydrogen (secondary N) is 3. The summed E-state index contributed by atoms with van der Waals surface area (Å²) >= 11 is 0. The summed E-state index contributed by atoms with van der Waals surface area (Å²) in [7, 11) is -1.71. The van der Waals surface area contributed by atoms with Crippen molar-refractivity contribution in [2.24, 2.45) is 0 Å². The maximum absolute atomic E-state index is 11.8. The zero-order valence-corrected chi connectivity index (χ0v) is 15.6. The van der Waals surface area contributed by atoms with Gasteiger partial charge in [-0.15, -0.1) is 12.4 Å². The van der Waals surface area contributed by atoms with Gasteiger partial charge in [0.25, 0.3) is 0 Å². The van der Waals surface area contributed by atoms with Crippen LogP contribution in [-0.2, 0) is 19.6 Å². The standard InChI is InChI=1S/C15H25N3O4S.ClH/c1-3-4-11-23(20,21)18-14-7-5-13(6-8-14)17-15(19)12-16-9-10-22-2;/h5-8,16,18H,3-4,9-12H2,1-2H3,(H,17,19);1H. The van der Waals surface area contributed by atoms with E-state index in [4.69, 9.17) is 4.74 Å². The molecule has 0 unspecified atom stereocenters. The Morgan fingerprint density at radius 3 is 2.38 bits per heavy atom. The SMILES string of the molecule is CCCCS(=O)(=O)Nc1ccc(NC(=O)CNCCOC)cc1.Cl. The Labute approximate surface area is 150 Å². The molecule has 9 heteroatoms. The smallest absolute Gasteiger partial charge is 0.238 e. The number of hydrogen-bond donors (Lipinski definition) is 3. The molecule has 0 aliphatic heterocycles. The molecule has 0 aliphatic rings. The van der Waals surface area contributed by atoms with E-state index >= 15 is 0 Å². The summed E-state index contributed by atoms with van der Waals surface area (Å²) in [6.45, 7) is 3.27. The molecule has 0 aliphatic carbocycles. The number of sulfonamides is 1. The molecule has 0 radical (unpaired) electrons. The van der Waals surface area contributed by atoms with Crippen molar-refractivity contribution in [3.05, 3.63) is 24.3 Å². The number of methoxy groups -OCH3 is 1. The first-order valence-corrected chi connectivity index (χ1v) is 9.22. The molecule has 0 heterocycles. The van der Waals surface area contributed by atoms with Crippen LogP contribution >= 0.6 is 12.4 Å². The van der Waals surface area contributed by atoms with Gasteiger partial charge in [0.1, 0.15) is 0 Å². The molecule has 1 aromatic carbocycles. The largest absolute Gasteiger partial charge is 0.383 e. The number of benzene rings is 1. The number of carbonyl (C=O) groups is 1. The minimum absolute atomic E-state index is 0. The van der Waals surface area contributed by atoms with E-state index in [1.807, 2.05) is 6.92 Å². The molecule has 0 atom stereocenters. The Kier molecular flexibility index (Phi) is 11.4. The maximum atomic E-state index is 11.8. The summed E-state index contributed by atoms with van der Waals surface area (Å²) in [5.41, 5.74) is 1.09. The van der Waals surface area contributed by atoms with Gasteiger partial charge in [0.05, 0.1) is 18.9 Å². The molecule has 138 valence electrons. The second-order valence-corrected chi connectivity index (χ2v) is 6.91. The van der Waals surface area contributed by atoms with Crippen LogP contribution in [0.2, 0.25) is 0 Å². The minimum Gasteiger partial charge on any atom is -0.383 e. The van der Waals surface area contributed by atoms with Gasteiger partial charge in [0.2, 0.25) is 15.9 Å². The number of rotatable bonds is 11. The van der Waals surface area contributed by atoms with Gasteiger partial charge < -0.3 is 15.4 Å². The van der Waals surface area contributed by atoms with Crippen molar-refractivity contribution in [3.63, 3.8) is 0 Å². The van der Waals surface area contributed by atoms with E-state index in [0.29, 0.717) is 30.9 Å². The fourth-order valence-corrected chi connectivity index (χ4v) is 3.03. The zero-order chi connectivity index (χ0) is 17.1. The summed E-state index contributed by atoms with van der Waals surface area (Å²) in [5, 5.41) is 5.66. The predicted molar refractivity (Wildman–Crippen MR) is 99.4 cm³/mol. The summed E-state index contributed by atoms with van der Waals surface area (Å²) < 4.78 is 31.0. The van der Waals surface area contributed by atoms with E-state index < -0.39 is 10.0 Å². The fraction of sp³-hybridized carbons (Fsp3) is 0.533. The molecule has 1 amide bonds. The van der Waals surface area contributed by atoms with Gasteiger partial charge in [0.15, 0.2) is 0 Å². The van der Waals surface area contributed by atoms with E-state index in [-0.39, 0.29) is 30.6 Å². The highest BCUT2D eigenvalue weighted by Gasteiger charge is 2.09. The molecule has 1 aromatic rings. The molecule has 3 N–H and O–H groups in total. The monoisotopic (exact) mass is 379 g/mol. The van der Waals surface area contributed by atoms with E-state index in [9.17, 15) is 13.2 Å². The summed E-state index contributed by atoms with van der Waals surface area (Å²) in [6.07, 6.45) is 1.45. The maximum Gasteiger partial charge on any atom is 0.238 e. The molecule has 0 saturated heterocycles. The van der Waals surface area contributed by atoms with Crippen molar-refractivity contribution >= 4 is 39.7 Å². The highest BCUT2D eigenvalue weighted by Crippen LogP contribution is 2.15. The average Bonchev–Trinajstić information content (AvgIpc) is 2.51. The predicted octanol–water partition coefficient (Wildman–Crippen LogP) is 1.82. The van der Waals surface area contributed by atoms with Crippen LogP contribution in [0.25, 0.3) is 0 Å². The average molecular weight is 380 g/mol. The lowest BCUT2D eigenvalue weighted by molar-refractivity contribution is -0.115. The Hall–Kier alpha value is -1.35. The van der Waals surface area contributed by atoms with E-state index in [1.165, 1.54) is 0 Å². The second-order valence-electron chi connectivity index (χ2n) is 5.07. The number of unbranched alkanes of at least 4 members (excludes halogenated alkanes) is 1. The van der Waals surface area contributed by atoms with Crippen molar-refractivity contribution in [2.75, 3.05) is 42.6 Å². The van der Waals surface area contributed by atoms with Crippen LogP contribution in [0.4, 0.5) is 11.4 Å². The highest BCUT2D eigenvalue weighted by atomic mass is 35.5. The first kappa shape index (κ1) is 22.6. The third kappa shape index (κ3) is 9.71. The number of carbonyl (C=O) groups excluding carboxylic acids is 1. The topological polar surface area (TPSA) is 96.5 Å². The summed E-state index contributed by atoms with van der Waals surface area (Å²) in [5.74, 6) is -0.0628. The molecular formula is C15H26ClN3O4S. The van der Waals surface area contributed by atoms with Crippen LogP contribution < -0.4 is 15.4 Å². The lowest BCUT2D eigenvalue weighted by atomic mass is 10.3. The Bertz CT molecular complexity index is 579. The summed E-state index contributed by atoms with van der Waals surface area (Å²) in [4.78, 5) is 11.7. The molecule has 0 fully saturated rings. The van der Waals surface area contributed by atoms with Crippen LogP contribution in [0, 0.1) is 0 Å². The number of ether oxygens (including phenoxy) is 1. The molecule has 7 nitrogen and oxygen atoms in total. The van der Waals surface area contributed by atoms with Crippen molar-refractivity contribution in [1.29, 1.82) is 0 Å². The summed E-state index contributed by atoms with van der Waals surface area (Å²) in [6, 6.07) is 6.56. The Balaban J connectivity index is 0.00000529. The van der Waals surface area contributed by atoms with Gasteiger partial charge >= 0.3 is 0 Å². The molecule has 0 saturated carbocycles. The van der Waals surface area contributed by atoms with Crippen molar-refractivity contribution in [3.8, 4) is 0 Å². The highest BCUT2D eigenvalue weighted by molar-refractivity contribution is 7.92. The van der Waals surface area contributed by atoms with Crippen LogP contribution in [0.15, 0.2) is 24.3 Å². The molecule has 0 bridgehead atoms. The van der Waals surface area contributed by atoms with Gasteiger partial charge in [-0.2, -0.15) is 0 Å². The third-order valence-corrected chi connectivity index (χ3v) is 4.35. The van der Waals surface area contributed by atoms with Gasteiger partial charge in [-0.05, 0) is 30.7 Å².